The van der Waals surface area contributed by atoms with E-state index in [9.17, 15) is 0 Å². The molecule has 74 valence electrons. The first-order chi connectivity index (χ1) is 5.59. The Bertz CT molecular complexity index is 96.7. The van der Waals surface area contributed by atoms with Gasteiger partial charge in [-0.1, -0.05) is 0 Å². The summed E-state index contributed by atoms with van der Waals surface area (Å²) >= 11 is 0. The molecule has 0 rings (SSSR count). The lowest BCUT2D eigenvalue weighted by molar-refractivity contribution is -0.205. The maximum absolute atomic E-state index is 5.51. The van der Waals surface area contributed by atoms with Crippen LogP contribution in [0.25, 0.3) is 0 Å². The molecular weight excluding hydrogens is 154 g/mol. The molecule has 0 saturated heterocycles. The molecule has 0 aromatic carbocycles. The van der Waals surface area contributed by atoms with Gasteiger partial charge in [-0.05, 0) is 27.7 Å². The van der Waals surface area contributed by atoms with Gasteiger partial charge in [0.25, 0.3) is 0 Å². The molecule has 0 saturated carbocycles. The Balaban J connectivity index is 3.64. The smallest absolute Gasteiger partial charge is 0.0919 e. The standard InChI is InChI=1S/C9H21NO2/c1-8(2)10(9(3)4)12-7-6-11-5/h8-9H,6-7H2,1-5H3. The van der Waals surface area contributed by atoms with Gasteiger partial charge in [0.1, 0.15) is 0 Å². The largest absolute Gasteiger partial charge is 0.382 e. The van der Waals surface area contributed by atoms with Crippen molar-refractivity contribution in [2.75, 3.05) is 20.3 Å². The van der Waals surface area contributed by atoms with Crippen LogP contribution in [-0.4, -0.2) is 37.5 Å². The highest BCUT2D eigenvalue weighted by molar-refractivity contribution is 4.57. The van der Waals surface area contributed by atoms with E-state index in [0.29, 0.717) is 25.3 Å². The molecule has 0 bridgehead atoms. The van der Waals surface area contributed by atoms with Crippen LogP contribution in [0.1, 0.15) is 27.7 Å². The van der Waals surface area contributed by atoms with E-state index < -0.39 is 0 Å². The molecule has 0 fully saturated rings. The summed E-state index contributed by atoms with van der Waals surface area (Å²) in [5.74, 6) is 0. The summed E-state index contributed by atoms with van der Waals surface area (Å²) in [5.41, 5.74) is 0. The van der Waals surface area contributed by atoms with Crippen molar-refractivity contribution in [1.82, 2.24) is 5.06 Å². The first kappa shape index (κ1) is 11.9. The molecule has 0 aliphatic carbocycles. The zero-order valence-electron chi connectivity index (χ0n) is 8.83. The highest BCUT2D eigenvalue weighted by Gasteiger charge is 2.13. The van der Waals surface area contributed by atoms with Gasteiger partial charge < -0.3 is 4.74 Å². The van der Waals surface area contributed by atoms with Gasteiger partial charge in [-0.3, -0.25) is 4.84 Å². The Morgan fingerprint density at radius 1 is 1.00 bits per heavy atom. The molecule has 0 aromatic heterocycles. The zero-order chi connectivity index (χ0) is 9.56. The third kappa shape index (κ3) is 4.70. The van der Waals surface area contributed by atoms with Crippen molar-refractivity contribution in [3.8, 4) is 0 Å². The fraction of sp³-hybridized carbons (Fsp3) is 1.00. The molecule has 0 spiro atoms. The number of rotatable bonds is 6. The van der Waals surface area contributed by atoms with E-state index in [1.165, 1.54) is 0 Å². The van der Waals surface area contributed by atoms with Crippen LogP contribution in [0, 0.1) is 0 Å². The predicted molar refractivity (Wildman–Crippen MR) is 49.9 cm³/mol. The molecule has 0 unspecified atom stereocenters. The summed E-state index contributed by atoms with van der Waals surface area (Å²) in [6.45, 7) is 9.75. The van der Waals surface area contributed by atoms with E-state index in [2.05, 4.69) is 27.7 Å². The third-order valence-corrected chi connectivity index (χ3v) is 1.55. The SMILES string of the molecule is COCCON(C(C)C)C(C)C. The van der Waals surface area contributed by atoms with Crippen molar-refractivity contribution in [3.63, 3.8) is 0 Å². The summed E-state index contributed by atoms with van der Waals surface area (Å²) in [4.78, 5) is 5.51. The van der Waals surface area contributed by atoms with E-state index in [0.717, 1.165) is 0 Å². The normalized spacial score (nSPS) is 12.0. The lowest BCUT2D eigenvalue weighted by Gasteiger charge is -2.29. The molecule has 0 amide bonds. The molecule has 12 heavy (non-hydrogen) atoms. The molecule has 0 aliphatic heterocycles. The Kier molecular flexibility index (Phi) is 6.34. The second-order valence-electron chi connectivity index (χ2n) is 3.37. The van der Waals surface area contributed by atoms with Gasteiger partial charge in [0.05, 0.1) is 13.2 Å². The molecule has 3 heteroatoms. The van der Waals surface area contributed by atoms with Crippen molar-refractivity contribution in [3.05, 3.63) is 0 Å². The number of hydrogen-bond acceptors (Lipinski definition) is 3. The number of hydrogen-bond donors (Lipinski definition) is 0. The summed E-state index contributed by atoms with van der Waals surface area (Å²) in [7, 11) is 1.68. The first-order valence-corrected chi connectivity index (χ1v) is 4.49. The van der Waals surface area contributed by atoms with Crippen molar-refractivity contribution in [2.24, 2.45) is 0 Å². The molecule has 0 atom stereocenters. The zero-order valence-corrected chi connectivity index (χ0v) is 8.83. The molecule has 0 radical (unpaired) electrons. The van der Waals surface area contributed by atoms with Crippen molar-refractivity contribution in [2.45, 2.75) is 39.8 Å². The van der Waals surface area contributed by atoms with Crippen LogP contribution in [0.3, 0.4) is 0 Å². The van der Waals surface area contributed by atoms with Crippen molar-refractivity contribution in [1.29, 1.82) is 0 Å². The van der Waals surface area contributed by atoms with Crippen molar-refractivity contribution < 1.29 is 9.57 Å². The second-order valence-corrected chi connectivity index (χ2v) is 3.37. The van der Waals surface area contributed by atoms with Gasteiger partial charge in [0.15, 0.2) is 0 Å². The molecule has 0 N–H and O–H groups in total. The Labute approximate surface area is 75.6 Å². The van der Waals surface area contributed by atoms with E-state index >= 15 is 0 Å². The minimum Gasteiger partial charge on any atom is -0.382 e. The Morgan fingerprint density at radius 2 is 1.50 bits per heavy atom. The van der Waals surface area contributed by atoms with Gasteiger partial charge in [0, 0.05) is 19.2 Å². The summed E-state index contributed by atoms with van der Waals surface area (Å²) in [6, 6.07) is 0.837. The van der Waals surface area contributed by atoms with Crippen LogP contribution in [-0.2, 0) is 9.57 Å². The monoisotopic (exact) mass is 175 g/mol. The average molecular weight is 175 g/mol. The number of ether oxygens (including phenoxy) is 1. The number of methoxy groups -OCH3 is 1. The lowest BCUT2D eigenvalue weighted by atomic mass is 10.3. The first-order valence-electron chi connectivity index (χ1n) is 4.49. The topological polar surface area (TPSA) is 21.7 Å². The average Bonchev–Trinajstić information content (AvgIpc) is 1.96. The van der Waals surface area contributed by atoms with Gasteiger partial charge in [-0.2, -0.15) is 5.06 Å². The quantitative estimate of drug-likeness (QED) is 0.453. The van der Waals surface area contributed by atoms with Crippen LogP contribution in [0.2, 0.25) is 0 Å². The van der Waals surface area contributed by atoms with Gasteiger partial charge in [-0.25, -0.2) is 0 Å². The Hall–Kier alpha value is -0.120. The second kappa shape index (κ2) is 6.40. The van der Waals surface area contributed by atoms with E-state index in [4.69, 9.17) is 9.57 Å². The summed E-state index contributed by atoms with van der Waals surface area (Å²) in [5, 5.41) is 1.99. The van der Waals surface area contributed by atoms with E-state index in [1.54, 1.807) is 7.11 Å². The maximum atomic E-state index is 5.51. The predicted octanol–water partition coefficient (Wildman–Crippen LogP) is 1.68. The van der Waals surface area contributed by atoms with Gasteiger partial charge in [-0.15, -0.1) is 0 Å². The molecule has 3 nitrogen and oxygen atoms in total. The number of hydroxylamine groups is 2. The van der Waals surface area contributed by atoms with Crippen LogP contribution in [0.4, 0.5) is 0 Å². The highest BCUT2D eigenvalue weighted by Crippen LogP contribution is 2.04. The number of nitrogens with zero attached hydrogens (tertiary/aromatic N) is 1. The van der Waals surface area contributed by atoms with Crippen LogP contribution in [0.5, 0.6) is 0 Å². The third-order valence-electron chi connectivity index (χ3n) is 1.55. The minimum absolute atomic E-state index is 0.418. The molecule has 0 aromatic rings. The maximum Gasteiger partial charge on any atom is 0.0919 e. The molecular formula is C9H21NO2. The van der Waals surface area contributed by atoms with Crippen LogP contribution in [0.15, 0.2) is 0 Å². The van der Waals surface area contributed by atoms with E-state index in [-0.39, 0.29) is 0 Å². The fourth-order valence-corrected chi connectivity index (χ4v) is 1.12. The van der Waals surface area contributed by atoms with E-state index in [1.807, 2.05) is 5.06 Å². The van der Waals surface area contributed by atoms with Crippen LogP contribution < -0.4 is 0 Å². The summed E-state index contributed by atoms with van der Waals surface area (Å²) in [6.07, 6.45) is 0. The fourth-order valence-electron chi connectivity index (χ4n) is 1.12. The lowest BCUT2D eigenvalue weighted by Crippen LogP contribution is -2.37. The van der Waals surface area contributed by atoms with Gasteiger partial charge in [0.2, 0.25) is 0 Å². The Morgan fingerprint density at radius 3 is 1.83 bits per heavy atom. The van der Waals surface area contributed by atoms with Crippen molar-refractivity contribution >= 4 is 0 Å². The summed E-state index contributed by atoms with van der Waals surface area (Å²) < 4.78 is 4.90. The molecule has 0 aliphatic rings. The highest BCUT2D eigenvalue weighted by atomic mass is 16.7. The molecule has 0 heterocycles. The minimum atomic E-state index is 0.418. The van der Waals surface area contributed by atoms with Gasteiger partial charge >= 0.3 is 0 Å². The van der Waals surface area contributed by atoms with Crippen LogP contribution >= 0.6 is 0 Å².